The maximum atomic E-state index is 13.8. The molecule has 3 aromatic carbocycles. The maximum Gasteiger partial charge on any atom is 0.163 e. The normalized spacial score (nSPS) is 19.0. The third kappa shape index (κ3) is 4.32. The first kappa shape index (κ1) is 22.8. The predicted octanol–water partition coefficient (Wildman–Crippen LogP) is 6.08. The Morgan fingerprint density at radius 1 is 0.857 bits per heavy atom. The van der Waals surface area contributed by atoms with E-state index in [-0.39, 0.29) is 17.7 Å². The van der Waals surface area contributed by atoms with Crippen LogP contribution in [0.4, 0.5) is 11.4 Å². The van der Waals surface area contributed by atoms with Crippen LogP contribution in [-0.4, -0.2) is 26.6 Å². The quantitative estimate of drug-likeness (QED) is 0.455. The number of ether oxygens (including phenoxy) is 3. The van der Waals surface area contributed by atoms with Crippen molar-refractivity contribution in [2.75, 3.05) is 31.5 Å². The van der Waals surface area contributed by atoms with Gasteiger partial charge in [-0.05, 0) is 55.2 Å². The summed E-state index contributed by atoms with van der Waals surface area (Å²) in [6, 6.07) is 21.6. The Morgan fingerprint density at radius 2 is 1.60 bits per heavy atom. The smallest absolute Gasteiger partial charge is 0.163 e. The van der Waals surface area contributed by atoms with Crippen molar-refractivity contribution in [3.63, 3.8) is 0 Å². The first-order chi connectivity index (χ1) is 17.1. The van der Waals surface area contributed by atoms with Gasteiger partial charge >= 0.3 is 0 Å². The fourth-order valence-electron chi connectivity index (χ4n) is 5.07. The number of rotatable bonds is 6. The van der Waals surface area contributed by atoms with Crippen LogP contribution in [-0.2, 0) is 4.79 Å². The van der Waals surface area contributed by atoms with E-state index in [0.717, 1.165) is 39.5 Å². The van der Waals surface area contributed by atoms with E-state index >= 15 is 0 Å². The van der Waals surface area contributed by atoms with Crippen LogP contribution in [0.2, 0.25) is 0 Å². The fraction of sp³-hybridized carbons (Fsp3) is 0.276. The van der Waals surface area contributed by atoms with Gasteiger partial charge in [-0.1, -0.05) is 36.4 Å². The number of benzene rings is 3. The minimum atomic E-state index is -0.317. The number of carbonyl (C=O) groups is 1. The minimum Gasteiger partial charge on any atom is -0.494 e. The van der Waals surface area contributed by atoms with Crippen molar-refractivity contribution >= 4 is 17.2 Å². The second kappa shape index (κ2) is 9.74. The number of anilines is 2. The van der Waals surface area contributed by atoms with Crippen molar-refractivity contribution in [1.82, 2.24) is 0 Å². The molecule has 0 bridgehead atoms. The Hall–Kier alpha value is -3.93. The Labute approximate surface area is 205 Å². The first-order valence-electron chi connectivity index (χ1n) is 11.9. The Morgan fingerprint density at radius 3 is 2.37 bits per heavy atom. The average Bonchev–Trinajstić information content (AvgIpc) is 3.05. The third-order valence-corrected chi connectivity index (χ3v) is 6.72. The average molecular weight is 471 g/mol. The molecule has 35 heavy (non-hydrogen) atoms. The van der Waals surface area contributed by atoms with Crippen LogP contribution in [0.3, 0.4) is 0 Å². The van der Waals surface area contributed by atoms with Gasteiger partial charge in [0.25, 0.3) is 0 Å². The molecular weight excluding hydrogens is 440 g/mol. The molecule has 0 aromatic heterocycles. The van der Waals surface area contributed by atoms with Crippen LogP contribution in [0, 0.1) is 0 Å². The molecule has 2 aliphatic rings. The molecule has 6 nitrogen and oxygen atoms in total. The van der Waals surface area contributed by atoms with Crippen molar-refractivity contribution in [3.05, 3.63) is 89.1 Å². The lowest BCUT2D eigenvalue weighted by Crippen LogP contribution is -2.27. The molecule has 1 aliphatic heterocycles. The molecule has 0 saturated heterocycles. The lowest BCUT2D eigenvalue weighted by atomic mass is 9.78. The second-order valence-electron chi connectivity index (χ2n) is 8.75. The molecule has 1 heterocycles. The number of fused-ring (bicyclic) bond motifs is 1. The molecular formula is C29H30N2O4. The van der Waals surface area contributed by atoms with Gasteiger partial charge in [0.05, 0.1) is 38.2 Å². The lowest BCUT2D eigenvalue weighted by molar-refractivity contribution is -0.116. The van der Waals surface area contributed by atoms with Crippen LogP contribution < -0.4 is 24.8 Å². The van der Waals surface area contributed by atoms with Crippen molar-refractivity contribution in [2.24, 2.45) is 0 Å². The summed E-state index contributed by atoms with van der Waals surface area (Å²) in [6.45, 7) is 2.53. The van der Waals surface area contributed by atoms with Crippen LogP contribution in [0.1, 0.15) is 42.9 Å². The lowest BCUT2D eigenvalue weighted by Gasteiger charge is -2.30. The van der Waals surface area contributed by atoms with E-state index in [4.69, 9.17) is 14.2 Å². The summed E-state index contributed by atoms with van der Waals surface area (Å²) in [5.74, 6) is 2.28. The summed E-state index contributed by atoms with van der Waals surface area (Å²) in [5.41, 5.74) is 5.63. The van der Waals surface area contributed by atoms with Crippen molar-refractivity contribution in [3.8, 4) is 17.2 Å². The van der Waals surface area contributed by atoms with Gasteiger partial charge in [-0.25, -0.2) is 0 Å². The molecule has 0 unspecified atom stereocenters. The van der Waals surface area contributed by atoms with Crippen molar-refractivity contribution < 1.29 is 19.0 Å². The highest BCUT2D eigenvalue weighted by Gasteiger charge is 2.37. The standard InChI is InChI=1S/C29H30N2O4/c1-4-35-25-12-8-5-9-20(25)29-28-23(30-21-10-6-7-11-22(21)31-29)15-19(16-24(28)32)18-13-14-26(33-2)27(17-18)34-3/h5-14,17,19,29-31H,4,15-16H2,1-3H3/t19-,29-/m1/s1. The zero-order valence-electron chi connectivity index (χ0n) is 20.3. The summed E-state index contributed by atoms with van der Waals surface area (Å²) in [5, 5.41) is 7.23. The van der Waals surface area contributed by atoms with Crippen LogP contribution in [0.25, 0.3) is 0 Å². The molecule has 0 spiro atoms. The highest BCUT2D eigenvalue weighted by atomic mass is 16.5. The van der Waals surface area contributed by atoms with Crippen LogP contribution in [0.15, 0.2) is 78.0 Å². The SMILES string of the molecule is CCOc1ccccc1[C@H]1Nc2ccccc2NC2=C1C(=O)C[C@H](c1ccc(OC)c(OC)c1)C2. The number of hydrogen-bond donors (Lipinski definition) is 2. The number of nitrogens with one attached hydrogen (secondary N) is 2. The maximum absolute atomic E-state index is 13.8. The highest BCUT2D eigenvalue weighted by molar-refractivity contribution is 6.01. The number of ketones is 1. The number of allylic oxidation sites excluding steroid dienone is 1. The topological polar surface area (TPSA) is 68.8 Å². The largest absolute Gasteiger partial charge is 0.494 e. The molecule has 180 valence electrons. The molecule has 0 saturated carbocycles. The van der Waals surface area contributed by atoms with E-state index in [1.165, 1.54) is 0 Å². The van der Waals surface area contributed by atoms with Gasteiger partial charge in [0.15, 0.2) is 17.3 Å². The van der Waals surface area contributed by atoms with Gasteiger partial charge in [-0.15, -0.1) is 0 Å². The summed E-state index contributed by atoms with van der Waals surface area (Å²) in [4.78, 5) is 13.8. The molecule has 1 aliphatic carbocycles. The second-order valence-corrected chi connectivity index (χ2v) is 8.75. The molecule has 2 N–H and O–H groups in total. The summed E-state index contributed by atoms with van der Waals surface area (Å²) < 4.78 is 16.9. The van der Waals surface area contributed by atoms with E-state index in [1.54, 1.807) is 14.2 Å². The highest BCUT2D eigenvalue weighted by Crippen LogP contribution is 2.46. The molecule has 5 rings (SSSR count). The van der Waals surface area contributed by atoms with Gasteiger partial charge in [-0.2, -0.15) is 0 Å². The minimum absolute atomic E-state index is 0.0293. The van der Waals surface area contributed by atoms with E-state index in [9.17, 15) is 4.79 Å². The zero-order valence-corrected chi connectivity index (χ0v) is 20.3. The van der Waals surface area contributed by atoms with Crippen molar-refractivity contribution in [2.45, 2.75) is 31.7 Å². The first-order valence-corrected chi connectivity index (χ1v) is 11.9. The van der Waals surface area contributed by atoms with Gasteiger partial charge in [0.1, 0.15) is 5.75 Å². The van der Waals surface area contributed by atoms with Gasteiger partial charge in [0, 0.05) is 23.3 Å². The van der Waals surface area contributed by atoms with E-state index in [1.807, 2.05) is 73.7 Å². The fourth-order valence-corrected chi connectivity index (χ4v) is 5.07. The Bertz CT molecular complexity index is 1280. The van der Waals surface area contributed by atoms with E-state index in [2.05, 4.69) is 10.6 Å². The molecule has 6 heteroatoms. The number of para-hydroxylation sites is 3. The molecule has 2 atom stereocenters. The number of methoxy groups -OCH3 is 2. The summed E-state index contributed by atoms with van der Waals surface area (Å²) in [6.07, 6.45) is 1.13. The monoisotopic (exact) mass is 470 g/mol. The van der Waals surface area contributed by atoms with Gasteiger partial charge in [-0.3, -0.25) is 4.79 Å². The predicted molar refractivity (Wildman–Crippen MR) is 138 cm³/mol. The molecule has 0 amide bonds. The Kier molecular flexibility index (Phi) is 6.36. The van der Waals surface area contributed by atoms with Crippen molar-refractivity contribution in [1.29, 1.82) is 0 Å². The van der Waals surface area contributed by atoms with E-state index < -0.39 is 0 Å². The third-order valence-electron chi connectivity index (χ3n) is 6.72. The number of Topliss-reactive ketones (excluding diaryl/α,β-unsaturated/α-hetero) is 1. The molecule has 0 radical (unpaired) electrons. The number of carbonyl (C=O) groups excluding carboxylic acids is 1. The summed E-state index contributed by atoms with van der Waals surface area (Å²) >= 11 is 0. The molecule has 0 fully saturated rings. The van der Waals surface area contributed by atoms with Gasteiger partial charge < -0.3 is 24.8 Å². The van der Waals surface area contributed by atoms with E-state index in [0.29, 0.717) is 30.9 Å². The van der Waals surface area contributed by atoms with Gasteiger partial charge in [0.2, 0.25) is 0 Å². The van der Waals surface area contributed by atoms with Crippen LogP contribution >= 0.6 is 0 Å². The Balaban J connectivity index is 1.60. The summed E-state index contributed by atoms with van der Waals surface area (Å²) in [7, 11) is 3.25. The van der Waals surface area contributed by atoms with Crippen LogP contribution in [0.5, 0.6) is 17.2 Å². The zero-order chi connectivity index (χ0) is 24.4. The number of hydrogen-bond acceptors (Lipinski definition) is 6. The molecule has 3 aromatic rings.